The molecule has 98 valence electrons. The molecule has 2 unspecified atom stereocenters. The fourth-order valence-electron chi connectivity index (χ4n) is 2.07. The topological polar surface area (TPSA) is 60.8 Å². The van der Waals surface area contributed by atoms with E-state index in [4.69, 9.17) is 11.6 Å². The van der Waals surface area contributed by atoms with Crippen LogP contribution < -0.4 is 0 Å². The largest absolute Gasteiger partial charge is 0.508 e. The van der Waals surface area contributed by atoms with E-state index in [2.05, 4.69) is 6.92 Å². The second kappa shape index (κ2) is 5.06. The summed E-state index contributed by atoms with van der Waals surface area (Å²) < 4.78 is 0. The van der Waals surface area contributed by atoms with Gasteiger partial charge >= 0.3 is 0 Å². The summed E-state index contributed by atoms with van der Waals surface area (Å²) in [6.45, 7) is 3.15. The quantitative estimate of drug-likeness (QED) is 0.607. The highest BCUT2D eigenvalue weighted by Gasteiger charge is 2.29. The molecule has 0 spiro atoms. The lowest BCUT2D eigenvalue weighted by atomic mass is 9.98. The molecule has 2 atom stereocenters. The molecule has 2 rings (SSSR count). The summed E-state index contributed by atoms with van der Waals surface area (Å²) in [4.78, 5) is 13.8. The Kier molecular flexibility index (Phi) is 3.66. The minimum Gasteiger partial charge on any atom is -0.508 e. The van der Waals surface area contributed by atoms with E-state index in [1.54, 1.807) is 4.90 Å². The van der Waals surface area contributed by atoms with E-state index in [0.29, 0.717) is 19.0 Å². The number of piperidine rings is 1. The third-order valence-electron chi connectivity index (χ3n) is 3.36. The lowest BCUT2D eigenvalue weighted by Crippen LogP contribution is -2.43. The second-order valence-corrected chi connectivity index (χ2v) is 5.30. The maximum Gasteiger partial charge on any atom is 0.257 e. The molecule has 2 N–H and O–H groups in total. The predicted octanol–water partition coefficient (Wildman–Crippen LogP) is 2.19. The van der Waals surface area contributed by atoms with Crippen LogP contribution in [0.5, 0.6) is 11.5 Å². The van der Waals surface area contributed by atoms with Crippen LogP contribution >= 0.6 is 11.6 Å². The molecule has 1 aliphatic rings. The minimum atomic E-state index is -0.291. The van der Waals surface area contributed by atoms with Gasteiger partial charge in [-0.2, -0.15) is 0 Å². The van der Waals surface area contributed by atoms with Crippen molar-refractivity contribution in [3.8, 4) is 11.5 Å². The summed E-state index contributed by atoms with van der Waals surface area (Å²) in [5.74, 6) is -0.0686. The fraction of sp³-hybridized carbons (Fsp3) is 0.462. The van der Waals surface area contributed by atoms with Gasteiger partial charge in [0.25, 0.3) is 5.91 Å². The van der Waals surface area contributed by atoms with E-state index in [-0.39, 0.29) is 28.3 Å². The van der Waals surface area contributed by atoms with Crippen LogP contribution in [0.25, 0.3) is 0 Å². The zero-order valence-electron chi connectivity index (χ0n) is 10.1. The average Bonchev–Trinajstić information content (AvgIpc) is 2.35. The Bertz CT molecular complexity index is 464. The van der Waals surface area contributed by atoms with Crippen molar-refractivity contribution in [2.45, 2.75) is 18.7 Å². The molecule has 1 saturated heterocycles. The van der Waals surface area contributed by atoms with Gasteiger partial charge in [0.05, 0.1) is 10.9 Å². The molecular formula is C13H16ClNO3. The first-order chi connectivity index (χ1) is 8.49. The Morgan fingerprint density at radius 1 is 1.44 bits per heavy atom. The fourth-order valence-corrected chi connectivity index (χ4v) is 2.36. The molecule has 4 nitrogen and oxygen atoms in total. The zero-order valence-corrected chi connectivity index (χ0v) is 10.9. The molecular weight excluding hydrogens is 254 g/mol. The van der Waals surface area contributed by atoms with Crippen molar-refractivity contribution in [3.63, 3.8) is 0 Å². The van der Waals surface area contributed by atoms with Crippen LogP contribution in [0.4, 0.5) is 0 Å². The number of carbonyl (C=O) groups excluding carboxylic acids is 1. The third kappa shape index (κ3) is 2.53. The Morgan fingerprint density at radius 2 is 2.17 bits per heavy atom. The number of phenols is 2. The molecule has 1 fully saturated rings. The summed E-state index contributed by atoms with van der Waals surface area (Å²) in [5.41, 5.74) is 0.119. The molecule has 0 aromatic heterocycles. The normalized spacial score (nSPS) is 24.0. The van der Waals surface area contributed by atoms with Crippen molar-refractivity contribution >= 4 is 17.5 Å². The highest BCUT2D eigenvalue weighted by molar-refractivity contribution is 6.21. The summed E-state index contributed by atoms with van der Waals surface area (Å²) in [6.07, 6.45) is 0.847. The third-order valence-corrected chi connectivity index (χ3v) is 3.93. The van der Waals surface area contributed by atoms with Gasteiger partial charge in [-0.15, -0.1) is 11.6 Å². The standard InChI is InChI=1S/C13H16ClNO3/c1-8-4-5-15(7-11(8)14)13(18)10-6-9(16)2-3-12(10)17/h2-3,6,8,11,16-17H,4-5,7H2,1H3. The van der Waals surface area contributed by atoms with Crippen molar-refractivity contribution < 1.29 is 15.0 Å². The Morgan fingerprint density at radius 3 is 2.83 bits per heavy atom. The smallest absolute Gasteiger partial charge is 0.257 e. The zero-order chi connectivity index (χ0) is 13.3. The minimum absolute atomic E-state index is 0.0380. The van der Waals surface area contributed by atoms with Crippen LogP contribution in [0.3, 0.4) is 0 Å². The molecule has 5 heteroatoms. The van der Waals surface area contributed by atoms with Gasteiger partial charge in [-0.3, -0.25) is 4.79 Å². The van der Waals surface area contributed by atoms with Gasteiger partial charge in [0.2, 0.25) is 0 Å². The Hall–Kier alpha value is -1.42. The van der Waals surface area contributed by atoms with E-state index >= 15 is 0 Å². The van der Waals surface area contributed by atoms with Crippen LogP contribution in [-0.2, 0) is 0 Å². The summed E-state index contributed by atoms with van der Waals surface area (Å²) in [7, 11) is 0. The van der Waals surface area contributed by atoms with Crippen LogP contribution in [0.2, 0.25) is 0 Å². The highest BCUT2D eigenvalue weighted by Crippen LogP contribution is 2.27. The van der Waals surface area contributed by atoms with Crippen LogP contribution in [-0.4, -0.2) is 39.5 Å². The second-order valence-electron chi connectivity index (χ2n) is 4.73. The molecule has 0 bridgehead atoms. The number of halogens is 1. The number of rotatable bonds is 1. The summed E-state index contributed by atoms with van der Waals surface area (Å²) in [6, 6.07) is 3.93. The number of likely N-dealkylation sites (tertiary alicyclic amines) is 1. The molecule has 1 aromatic carbocycles. The SMILES string of the molecule is CC1CCN(C(=O)c2cc(O)ccc2O)CC1Cl. The number of nitrogens with zero attached hydrogens (tertiary/aromatic N) is 1. The number of amides is 1. The van der Waals surface area contributed by atoms with Crippen LogP contribution in [0, 0.1) is 5.92 Å². The number of hydrogen-bond donors (Lipinski definition) is 2. The van der Waals surface area contributed by atoms with E-state index in [0.717, 1.165) is 6.42 Å². The van der Waals surface area contributed by atoms with Crippen molar-refractivity contribution in [2.24, 2.45) is 5.92 Å². The first-order valence-corrected chi connectivity index (χ1v) is 6.38. The molecule has 0 aliphatic carbocycles. The van der Waals surface area contributed by atoms with Crippen molar-refractivity contribution in [1.82, 2.24) is 4.90 Å². The first kappa shape index (κ1) is 13.0. The number of benzene rings is 1. The molecule has 0 radical (unpaired) electrons. The van der Waals surface area contributed by atoms with E-state index in [1.807, 2.05) is 0 Å². The lowest BCUT2D eigenvalue weighted by Gasteiger charge is -2.34. The number of aromatic hydroxyl groups is 2. The van der Waals surface area contributed by atoms with Gasteiger partial charge in [-0.05, 0) is 30.5 Å². The molecule has 1 aliphatic heterocycles. The monoisotopic (exact) mass is 269 g/mol. The number of hydrogen-bond acceptors (Lipinski definition) is 3. The highest BCUT2D eigenvalue weighted by atomic mass is 35.5. The maximum absolute atomic E-state index is 12.2. The van der Waals surface area contributed by atoms with Crippen LogP contribution in [0.1, 0.15) is 23.7 Å². The van der Waals surface area contributed by atoms with Gasteiger partial charge in [0, 0.05) is 13.1 Å². The average molecular weight is 270 g/mol. The Balaban J connectivity index is 2.19. The van der Waals surface area contributed by atoms with Gasteiger partial charge in [0.15, 0.2) is 0 Å². The summed E-state index contributed by atoms with van der Waals surface area (Å²) >= 11 is 6.16. The summed E-state index contributed by atoms with van der Waals surface area (Å²) in [5, 5.41) is 19.0. The van der Waals surface area contributed by atoms with Crippen molar-refractivity contribution in [3.05, 3.63) is 23.8 Å². The van der Waals surface area contributed by atoms with Gasteiger partial charge in [-0.1, -0.05) is 6.92 Å². The lowest BCUT2D eigenvalue weighted by molar-refractivity contribution is 0.0698. The van der Waals surface area contributed by atoms with Gasteiger partial charge in [-0.25, -0.2) is 0 Å². The van der Waals surface area contributed by atoms with Crippen molar-refractivity contribution in [1.29, 1.82) is 0 Å². The number of alkyl halides is 1. The predicted molar refractivity (Wildman–Crippen MR) is 69.1 cm³/mol. The first-order valence-electron chi connectivity index (χ1n) is 5.94. The molecule has 18 heavy (non-hydrogen) atoms. The van der Waals surface area contributed by atoms with E-state index in [9.17, 15) is 15.0 Å². The molecule has 1 aromatic rings. The van der Waals surface area contributed by atoms with E-state index in [1.165, 1.54) is 18.2 Å². The van der Waals surface area contributed by atoms with Crippen molar-refractivity contribution in [2.75, 3.05) is 13.1 Å². The van der Waals surface area contributed by atoms with Gasteiger partial charge in [0.1, 0.15) is 11.5 Å². The number of phenolic OH excluding ortho intramolecular Hbond substituents is 2. The van der Waals surface area contributed by atoms with E-state index < -0.39 is 0 Å². The maximum atomic E-state index is 12.2. The molecule has 1 amide bonds. The Labute approximate surface area is 111 Å². The molecule has 0 saturated carbocycles. The number of carbonyl (C=O) groups is 1. The van der Waals surface area contributed by atoms with Gasteiger partial charge < -0.3 is 15.1 Å². The molecule has 1 heterocycles. The van der Waals surface area contributed by atoms with Crippen LogP contribution in [0.15, 0.2) is 18.2 Å².